The second kappa shape index (κ2) is 4.23. The fraction of sp³-hybridized carbons (Fsp3) is 0.143. The highest BCUT2D eigenvalue weighted by molar-refractivity contribution is 9.13. The van der Waals surface area contributed by atoms with Gasteiger partial charge < -0.3 is 10.5 Å². The SMILES string of the molecule is Nc1cc(Br)c(Br)cc1OC(F)F. The number of hydrogen-bond acceptors (Lipinski definition) is 2. The Bertz CT molecular complexity index is 320. The zero-order valence-corrected chi connectivity index (χ0v) is 9.40. The summed E-state index contributed by atoms with van der Waals surface area (Å²) in [7, 11) is 0. The van der Waals surface area contributed by atoms with Crippen LogP contribution in [0.25, 0.3) is 0 Å². The number of nitrogens with two attached hydrogens (primary N) is 1. The second-order valence-corrected chi connectivity index (χ2v) is 3.89. The number of benzene rings is 1. The van der Waals surface area contributed by atoms with Gasteiger partial charge >= 0.3 is 6.61 Å². The molecule has 0 heterocycles. The predicted octanol–water partition coefficient (Wildman–Crippen LogP) is 3.40. The van der Waals surface area contributed by atoms with Gasteiger partial charge in [-0.1, -0.05) is 0 Å². The zero-order valence-electron chi connectivity index (χ0n) is 6.23. The summed E-state index contributed by atoms with van der Waals surface area (Å²) in [5.74, 6) is -0.0370. The summed E-state index contributed by atoms with van der Waals surface area (Å²) < 4.78 is 29.1. The molecule has 13 heavy (non-hydrogen) atoms. The molecule has 1 rings (SSSR count). The van der Waals surface area contributed by atoms with Gasteiger partial charge in [-0.25, -0.2) is 0 Å². The van der Waals surface area contributed by atoms with Crippen molar-refractivity contribution in [1.29, 1.82) is 0 Å². The first-order valence-electron chi connectivity index (χ1n) is 3.20. The molecule has 1 aromatic rings. The van der Waals surface area contributed by atoms with Gasteiger partial charge in [0.05, 0.1) is 5.69 Å². The molecule has 0 saturated carbocycles. The number of rotatable bonds is 2. The van der Waals surface area contributed by atoms with Gasteiger partial charge in [-0.05, 0) is 44.0 Å². The quantitative estimate of drug-likeness (QED) is 0.849. The van der Waals surface area contributed by atoms with Crippen LogP contribution in [0, 0.1) is 0 Å². The van der Waals surface area contributed by atoms with Crippen LogP contribution in [-0.4, -0.2) is 6.61 Å². The number of hydrogen-bond donors (Lipinski definition) is 1. The Labute approximate surface area is 90.3 Å². The summed E-state index contributed by atoms with van der Waals surface area (Å²) in [5.41, 5.74) is 5.59. The van der Waals surface area contributed by atoms with Crippen LogP contribution in [0.3, 0.4) is 0 Å². The topological polar surface area (TPSA) is 35.2 Å². The highest BCUT2D eigenvalue weighted by atomic mass is 79.9. The Balaban J connectivity index is 3.01. The minimum Gasteiger partial charge on any atom is -0.433 e. The van der Waals surface area contributed by atoms with E-state index in [1.54, 1.807) is 0 Å². The lowest BCUT2D eigenvalue weighted by molar-refractivity contribution is -0.0493. The van der Waals surface area contributed by atoms with Crippen LogP contribution in [0.15, 0.2) is 21.1 Å². The molecule has 0 aromatic heterocycles. The molecule has 0 aliphatic carbocycles. The van der Waals surface area contributed by atoms with Crippen molar-refractivity contribution in [1.82, 2.24) is 0 Å². The summed E-state index contributed by atoms with van der Waals surface area (Å²) in [6.07, 6.45) is 0. The maximum Gasteiger partial charge on any atom is 0.387 e. The van der Waals surface area contributed by atoms with Crippen molar-refractivity contribution >= 4 is 37.5 Å². The number of halogens is 4. The van der Waals surface area contributed by atoms with Crippen LogP contribution in [0.5, 0.6) is 5.75 Å². The predicted molar refractivity (Wildman–Crippen MR) is 52.9 cm³/mol. The second-order valence-electron chi connectivity index (χ2n) is 2.18. The molecule has 0 fully saturated rings. The maximum atomic E-state index is 11.8. The molecule has 0 unspecified atom stereocenters. The summed E-state index contributed by atoms with van der Waals surface area (Å²) in [6.45, 7) is -2.87. The fourth-order valence-corrected chi connectivity index (χ4v) is 1.43. The first kappa shape index (κ1) is 10.7. The first-order chi connectivity index (χ1) is 6.00. The van der Waals surface area contributed by atoms with Gasteiger partial charge in [0.25, 0.3) is 0 Å². The van der Waals surface area contributed by atoms with Crippen molar-refractivity contribution in [3.05, 3.63) is 21.1 Å². The molecule has 6 heteroatoms. The smallest absolute Gasteiger partial charge is 0.387 e. The van der Waals surface area contributed by atoms with E-state index >= 15 is 0 Å². The van der Waals surface area contributed by atoms with Crippen LogP contribution in [0.1, 0.15) is 0 Å². The number of anilines is 1. The summed E-state index contributed by atoms with van der Waals surface area (Å²) in [5, 5.41) is 0. The molecule has 72 valence electrons. The van der Waals surface area contributed by atoms with E-state index in [1.165, 1.54) is 12.1 Å². The van der Waals surface area contributed by atoms with Crippen LogP contribution < -0.4 is 10.5 Å². The lowest BCUT2D eigenvalue weighted by atomic mass is 10.3. The Morgan fingerprint density at radius 1 is 1.23 bits per heavy atom. The van der Waals surface area contributed by atoms with E-state index in [0.29, 0.717) is 8.95 Å². The van der Waals surface area contributed by atoms with E-state index in [4.69, 9.17) is 5.73 Å². The van der Waals surface area contributed by atoms with Crippen molar-refractivity contribution in [2.24, 2.45) is 0 Å². The third-order valence-electron chi connectivity index (χ3n) is 1.27. The average Bonchev–Trinajstić information content (AvgIpc) is 1.99. The lowest BCUT2D eigenvalue weighted by Crippen LogP contribution is -2.04. The number of nitrogen functional groups attached to an aromatic ring is 1. The largest absolute Gasteiger partial charge is 0.433 e. The van der Waals surface area contributed by atoms with Crippen molar-refractivity contribution < 1.29 is 13.5 Å². The molecule has 0 saturated heterocycles. The highest BCUT2D eigenvalue weighted by Crippen LogP contribution is 2.33. The van der Waals surface area contributed by atoms with Crippen molar-refractivity contribution in [3.8, 4) is 5.75 Å². The molecule has 0 spiro atoms. The van der Waals surface area contributed by atoms with E-state index in [9.17, 15) is 8.78 Å². The minimum atomic E-state index is -2.87. The van der Waals surface area contributed by atoms with Crippen LogP contribution in [-0.2, 0) is 0 Å². The average molecular weight is 317 g/mol. The zero-order chi connectivity index (χ0) is 10.0. The van der Waals surface area contributed by atoms with Crippen LogP contribution in [0.2, 0.25) is 0 Å². The van der Waals surface area contributed by atoms with Gasteiger partial charge in [0.15, 0.2) is 0 Å². The normalized spacial score (nSPS) is 10.5. The van der Waals surface area contributed by atoms with Crippen molar-refractivity contribution in [2.75, 3.05) is 5.73 Å². The van der Waals surface area contributed by atoms with Gasteiger partial charge in [-0.3, -0.25) is 0 Å². The van der Waals surface area contributed by atoms with Gasteiger partial charge in [-0.15, -0.1) is 0 Å². The maximum absolute atomic E-state index is 11.8. The molecule has 2 nitrogen and oxygen atoms in total. The van der Waals surface area contributed by atoms with E-state index in [2.05, 4.69) is 36.6 Å². The Morgan fingerprint density at radius 3 is 2.31 bits per heavy atom. The van der Waals surface area contributed by atoms with Crippen LogP contribution >= 0.6 is 31.9 Å². The Kier molecular flexibility index (Phi) is 3.49. The molecule has 0 atom stereocenters. The minimum absolute atomic E-state index is 0.0370. The summed E-state index contributed by atoms with van der Waals surface area (Å²) in [6, 6.07) is 2.87. The Morgan fingerprint density at radius 2 is 1.77 bits per heavy atom. The van der Waals surface area contributed by atoms with Gasteiger partial charge in [0.1, 0.15) is 5.75 Å². The lowest BCUT2D eigenvalue weighted by Gasteiger charge is -2.08. The third kappa shape index (κ3) is 2.80. The van der Waals surface area contributed by atoms with E-state index in [0.717, 1.165) is 0 Å². The molecule has 1 aromatic carbocycles. The molecule has 0 amide bonds. The van der Waals surface area contributed by atoms with Crippen molar-refractivity contribution in [2.45, 2.75) is 6.61 Å². The van der Waals surface area contributed by atoms with Gasteiger partial charge in [0.2, 0.25) is 0 Å². The molecule has 0 radical (unpaired) electrons. The molecule has 0 aliphatic heterocycles. The van der Waals surface area contributed by atoms with E-state index < -0.39 is 6.61 Å². The Hall–Kier alpha value is -0.360. The molecule has 0 aliphatic rings. The number of ether oxygens (including phenoxy) is 1. The molecular weight excluding hydrogens is 312 g/mol. The van der Waals surface area contributed by atoms with Gasteiger partial charge in [-0.2, -0.15) is 8.78 Å². The molecular formula is C7H5Br2F2NO. The molecule has 0 bridgehead atoms. The van der Waals surface area contributed by atoms with E-state index in [-0.39, 0.29) is 11.4 Å². The monoisotopic (exact) mass is 315 g/mol. The molecule has 2 N–H and O–H groups in total. The standard InChI is InChI=1S/C7H5Br2F2NO/c8-3-1-5(12)6(2-4(3)9)13-7(10)11/h1-2,7H,12H2. The van der Waals surface area contributed by atoms with Gasteiger partial charge in [0, 0.05) is 8.95 Å². The highest BCUT2D eigenvalue weighted by Gasteiger charge is 2.10. The van der Waals surface area contributed by atoms with Crippen molar-refractivity contribution in [3.63, 3.8) is 0 Å². The van der Waals surface area contributed by atoms with E-state index in [1.807, 2.05) is 0 Å². The third-order valence-corrected chi connectivity index (χ3v) is 3.11. The fourth-order valence-electron chi connectivity index (χ4n) is 0.742. The first-order valence-corrected chi connectivity index (χ1v) is 4.78. The summed E-state index contributed by atoms with van der Waals surface area (Å²) >= 11 is 6.32. The summed E-state index contributed by atoms with van der Waals surface area (Å²) in [4.78, 5) is 0. The van der Waals surface area contributed by atoms with Crippen LogP contribution in [0.4, 0.5) is 14.5 Å². The number of alkyl halides is 2.